The maximum Gasteiger partial charge on any atom is 0.338 e. The maximum absolute atomic E-state index is 12.7. The van der Waals surface area contributed by atoms with Gasteiger partial charge in [0.1, 0.15) is 6.04 Å². The number of nitrogens with zero attached hydrogens (tertiary/aromatic N) is 1. The molecule has 8 nitrogen and oxygen atoms in total. The second-order valence-electron chi connectivity index (χ2n) is 6.87. The number of methoxy groups -OCH3 is 1. The molecule has 0 saturated heterocycles. The van der Waals surface area contributed by atoms with E-state index in [1.54, 1.807) is 12.1 Å². The van der Waals surface area contributed by atoms with Crippen LogP contribution < -0.4 is 5.32 Å². The van der Waals surface area contributed by atoms with Crippen molar-refractivity contribution in [1.29, 1.82) is 0 Å². The fourth-order valence-electron chi connectivity index (χ4n) is 3.32. The predicted octanol–water partition coefficient (Wildman–Crippen LogP) is 1.93. The molecule has 1 atom stereocenters. The van der Waals surface area contributed by atoms with Gasteiger partial charge in [-0.25, -0.2) is 9.59 Å². The fourth-order valence-corrected chi connectivity index (χ4v) is 3.32. The first-order chi connectivity index (χ1) is 14.4. The number of esters is 2. The van der Waals surface area contributed by atoms with Gasteiger partial charge in [-0.1, -0.05) is 24.3 Å². The molecular weight excluding hydrogens is 388 g/mol. The zero-order chi connectivity index (χ0) is 21.7. The summed E-state index contributed by atoms with van der Waals surface area (Å²) < 4.78 is 9.99. The Hall–Kier alpha value is -3.68. The summed E-state index contributed by atoms with van der Waals surface area (Å²) in [5.41, 5.74) is 2.70. The van der Waals surface area contributed by atoms with E-state index in [0.29, 0.717) is 12.1 Å². The Morgan fingerprint density at radius 1 is 1.03 bits per heavy atom. The molecule has 8 heteroatoms. The number of hydrogen-bond donors (Lipinski definition) is 1. The van der Waals surface area contributed by atoms with Gasteiger partial charge in [0.05, 0.1) is 12.7 Å². The van der Waals surface area contributed by atoms with Crippen LogP contribution in [-0.4, -0.2) is 48.4 Å². The first kappa shape index (κ1) is 21.0. The summed E-state index contributed by atoms with van der Waals surface area (Å²) >= 11 is 0. The number of anilines is 1. The number of carbonyl (C=O) groups excluding carboxylic acids is 4. The number of ether oxygens (including phenoxy) is 2. The Balaban J connectivity index is 1.66. The fraction of sp³-hybridized carbons (Fsp3) is 0.273. The highest BCUT2D eigenvalue weighted by atomic mass is 16.5. The van der Waals surface area contributed by atoms with Crippen LogP contribution in [0.5, 0.6) is 0 Å². The normalized spacial score (nSPS) is 15.0. The summed E-state index contributed by atoms with van der Waals surface area (Å²) in [6.45, 7) is 1.12. The van der Waals surface area contributed by atoms with E-state index in [4.69, 9.17) is 9.47 Å². The van der Waals surface area contributed by atoms with Crippen LogP contribution in [0.15, 0.2) is 48.5 Å². The Bertz CT molecular complexity index is 970. The molecule has 2 amide bonds. The van der Waals surface area contributed by atoms with Gasteiger partial charge in [-0.2, -0.15) is 0 Å². The summed E-state index contributed by atoms with van der Waals surface area (Å²) in [5, 5.41) is 2.60. The van der Waals surface area contributed by atoms with Crippen molar-refractivity contribution in [2.75, 3.05) is 19.0 Å². The molecule has 1 heterocycles. The average molecular weight is 410 g/mol. The minimum absolute atomic E-state index is 0.223. The van der Waals surface area contributed by atoms with Gasteiger partial charge in [0.15, 0.2) is 6.61 Å². The van der Waals surface area contributed by atoms with Crippen LogP contribution >= 0.6 is 0 Å². The lowest BCUT2D eigenvalue weighted by Gasteiger charge is -2.35. The molecule has 0 aliphatic carbocycles. The van der Waals surface area contributed by atoms with E-state index < -0.39 is 30.5 Å². The molecule has 156 valence electrons. The van der Waals surface area contributed by atoms with Crippen molar-refractivity contribution in [3.05, 3.63) is 65.2 Å². The molecule has 0 bridgehead atoms. The van der Waals surface area contributed by atoms with Crippen molar-refractivity contribution < 1.29 is 28.7 Å². The topological polar surface area (TPSA) is 102 Å². The quantitative estimate of drug-likeness (QED) is 0.756. The standard InChI is InChI=1S/C22H22N2O6/c1-14(25)23-18-9-7-15(8-10-18)21(27)30-13-20(26)24-12-17-6-4-3-5-16(17)11-19(24)22(28)29-2/h3-10,19H,11-13H2,1-2H3,(H,23,25)/t19-/m0/s1. The van der Waals surface area contributed by atoms with Crippen molar-refractivity contribution in [2.45, 2.75) is 25.9 Å². The Labute approximate surface area is 173 Å². The van der Waals surface area contributed by atoms with E-state index in [1.807, 2.05) is 24.3 Å². The minimum Gasteiger partial charge on any atom is -0.467 e. The van der Waals surface area contributed by atoms with Crippen molar-refractivity contribution in [3.63, 3.8) is 0 Å². The molecule has 1 aliphatic heterocycles. The number of benzene rings is 2. The van der Waals surface area contributed by atoms with Crippen LogP contribution in [0.3, 0.4) is 0 Å². The van der Waals surface area contributed by atoms with Crippen LogP contribution in [0.25, 0.3) is 0 Å². The number of fused-ring (bicyclic) bond motifs is 1. The third-order valence-electron chi connectivity index (χ3n) is 4.81. The molecule has 0 unspecified atom stereocenters. The number of nitrogens with one attached hydrogen (secondary N) is 1. The molecule has 0 spiro atoms. The Morgan fingerprint density at radius 2 is 1.70 bits per heavy atom. The molecule has 2 aromatic rings. The minimum atomic E-state index is -0.770. The lowest BCUT2D eigenvalue weighted by molar-refractivity contribution is -0.155. The molecular formula is C22H22N2O6. The second kappa shape index (κ2) is 9.21. The number of rotatable bonds is 5. The highest BCUT2D eigenvalue weighted by molar-refractivity contribution is 5.93. The van der Waals surface area contributed by atoms with Crippen molar-refractivity contribution in [1.82, 2.24) is 4.90 Å². The molecule has 1 aliphatic rings. The number of carbonyl (C=O) groups is 4. The summed E-state index contributed by atoms with van der Waals surface area (Å²) in [6, 6.07) is 12.9. The molecule has 30 heavy (non-hydrogen) atoms. The van der Waals surface area contributed by atoms with Gasteiger partial charge in [-0.15, -0.1) is 0 Å². The van der Waals surface area contributed by atoms with Crippen molar-refractivity contribution in [3.8, 4) is 0 Å². The van der Waals surface area contributed by atoms with Crippen LogP contribution in [-0.2, 0) is 36.8 Å². The third-order valence-corrected chi connectivity index (χ3v) is 4.81. The number of hydrogen-bond acceptors (Lipinski definition) is 6. The Morgan fingerprint density at radius 3 is 2.33 bits per heavy atom. The molecule has 3 rings (SSSR count). The summed E-state index contributed by atoms with van der Waals surface area (Å²) in [4.78, 5) is 49.6. The van der Waals surface area contributed by atoms with Crippen LogP contribution in [0, 0.1) is 0 Å². The van der Waals surface area contributed by atoms with E-state index >= 15 is 0 Å². The Kier molecular flexibility index (Phi) is 6.46. The van der Waals surface area contributed by atoms with Gasteiger partial charge in [0, 0.05) is 25.6 Å². The molecule has 0 fully saturated rings. The lowest BCUT2D eigenvalue weighted by atomic mass is 9.94. The summed E-state index contributed by atoms with van der Waals surface area (Å²) in [6.07, 6.45) is 0.340. The molecule has 1 N–H and O–H groups in total. The van der Waals surface area contributed by atoms with Crippen LogP contribution in [0.4, 0.5) is 5.69 Å². The van der Waals surface area contributed by atoms with Gasteiger partial charge in [0.25, 0.3) is 5.91 Å². The van der Waals surface area contributed by atoms with Gasteiger partial charge < -0.3 is 19.7 Å². The van der Waals surface area contributed by atoms with Crippen molar-refractivity contribution in [2.24, 2.45) is 0 Å². The van der Waals surface area contributed by atoms with E-state index in [2.05, 4.69) is 5.32 Å². The monoisotopic (exact) mass is 410 g/mol. The first-order valence-electron chi connectivity index (χ1n) is 9.38. The van der Waals surface area contributed by atoms with E-state index in [9.17, 15) is 19.2 Å². The van der Waals surface area contributed by atoms with Gasteiger partial charge in [0.2, 0.25) is 5.91 Å². The largest absolute Gasteiger partial charge is 0.467 e. The highest BCUT2D eigenvalue weighted by Gasteiger charge is 2.35. The van der Waals surface area contributed by atoms with Gasteiger partial charge >= 0.3 is 11.9 Å². The van der Waals surface area contributed by atoms with Crippen LogP contribution in [0.1, 0.15) is 28.4 Å². The lowest BCUT2D eigenvalue weighted by Crippen LogP contribution is -2.50. The molecule has 0 radical (unpaired) electrons. The van der Waals surface area contributed by atoms with E-state index in [1.165, 1.54) is 31.1 Å². The second-order valence-corrected chi connectivity index (χ2v) is 6.87. The highest BCUT2D eigenvalue weighted by Crippen LogP contribution is 2.24. The third kappa shape index (κ3) is 4.83. The summed E-state index contributed by atoms with van der Waals surface area (Å²) in [5.74, 6) is -1.90. The van der Waals surface area contributed by atoms with E-state index in [-0.39, 0.29) is 18.0 Å². The average Bonchev–Trinajstić information content (AvgIpc) is 2.75. The van der Waals surface area contributed by atoms with Crippen LogP contribution in [0.2, 0.25) is 0 Å². The zero-order valence-electron chi connectivity index (χ0n) is 16.7. The SMILES string of the molecule is COC(=O)[C@@H]1Cc2ccccc2CN1C(=O)COC(=O)c1ccc(NC(C)=O)cc1. The maximum atomic E-state index is 12.7. The number of amides is 2. The molecule has 0 saturated carbocycles. The smallest absolute Gasteiger partial charge is 0.338 e. The van der Waals surface area contributed by atoms with Gasteiger partial charge in [-0.3, -0.25) is 9.59 Å². The predicted molar refractivity (Wildman–Crippen MR) is 108 cm³/mol. The first-order valence-corrected chi connectivity index (χ1v) is 9.38. The van der Waals surface area contributed by atoms with E-state index in [0.717, 1.165) is 11.1 Å². The molecule has 0 aromatic heterocycles. The summed E-state index contributed by atoms with van der Waals surface area (Å²) in [7, 11) is 1.27. The molecule has 2 aromatic carbocycles. The zero-order valence-corrected chi connectivity index (χ0v) is 16.7. The van der Waals surface area contributed by atoms with Crippen molar-refractivity contribution >= 4 is 29.4 Å². The van der Waals surface area contributed by atoms with Gasteiger partial charge in [-0.05, 0) is 35.4 Å².